The summed E-state index contributed by atoms with van der Waals surface area (Å²) in [5, 5.41) is 9.32. The number of hydrogen-bond donors (Lipinski definition) is 1. The van der Waals surface area contributed by atoms with Gasteiger partial charge in [0.1, 0.15) is 0 Å². The second-order valence-corrected chi connectivity index (χ2v) is 7.57. The van der Waals surface area contributed by atoms with Crippen LogP contribution in [0.15, 0.2) is 48.7 Å². The van der Waals surface area contributed by atoms with Gasteiger partial charge in [0.15, 0.2) is 0 Å². The molecule has 0 spiro atoms. The van der Waals surface area contributed by atoms with Gasteiger partial charge in [0.25, 0.3) is 0 Å². The number of aliphatic hydroxyl groups excluding tert-OH is 1. The maximum Gasteiger partial charge on any atom is 0.0544 e. The van der Waals surface area contributed by atoms with Crippen molar-refractivity contribution in [2.45, 2.75) is 32.9 Å². The first kappa shape index (κ1) is 20.8. The van der Waals surface area contributed by atoms with Crippen molar-refractivity contribution in [3.8, 4) is 0 Å². The fraction of sp³-hybridized carbons (Fsp3) is 0.522. The van der Waals surface area contributed by atoms with Gasteiger partial charge < -0.3 is 10.0 Å². The number of aromatic nitrogens is 1. The molecule has 0 amide bonds. The van der Waals surface area contributed by atoms with Crippen molar-refractivity contribution in [3.05, 3.63) is 59.9 Å². The van der Waals surface area contributed by atoms with E-state index in [9.17, 15) is 5.11 Å². The Hall–Kier alpha value is -1.95. The second-order valence-electron chi connectivity index (χ2n) is 7.57. The Morgan fingerprint density at radius 3 is 2.50 bits per heavy atom. The van der Waals surface area contributed by atoms with Crippen LogP contribution >= 0.6 is 0 Å². The zero-order valence-electron chi connectivity index (χ0n) is 17.1. The third-order valence-corrected chi connectivity index (χ3v) is 5.38. The lowest BCUT2D eigenvalue weighted by atomic mass is 10.1. The van der Waals surface area contributed by atoms with Crippen molar-refractivity contribution in [2.75, 3.05) is 50.8 Å². The summed E-state index contributed by atoms with van der Waals surface area (Å²) < 4.78 is 0. The number of piperazine rings is 1. The largest absolute Gasteiger partial charge is 0.396 e. The van der Waals surface area contributed by atoms with Gasteiger partial charge in [-0.05, 0) is 43.1 Å². The molecule has 0 unspecified atom stereocenters. The van der Waals surface area contributed by atoms with Crippen LogP contribution in [0.4, 0.5) is 5.69 Å². The molecule has 28 heavy (non-hydrogen) atoms. The maximum absolute atomic E-state index is 9.32. The molecule has 1 aliphatic rings. The van der Waals surface area contributed by atoms with Gasteiger partial charge in [-0.15, -0.1) is 0 Å². The monoisotopic (exact) mass is 382 g/mol. The van der Waals surface area contributed by atoms with Crippen molar-refractivity contribution in [1.29, 1.82) is 0 Å². The highest BCUT2D eigenvalue weighted by Gasteiger charge is 2.19. The first-order chi connectivity index (χ1) is 13.8. The van der Waals surface area contributed by atoms with Crippen molar-refractivity contribution >= 4 is 5.69 Å². The van der Waals surface area contributed by atoms with Gasteiger partial charge in [-0.3, -0.25) is 14.8 Å². The van der Waals surface area contributed by atoms with Crippen LogP contribution in [0.1, 0.15) is 31.0 Å². The van der Waals surface area contributed by atoms with Gasteiger partial charge in [-0.2, -0.15) is 0 Å². The molecule has 1 saturated heterocycles. The molecule has 0 saturated carbocycles. The minimum absolute atomic E-state index is 0.222. The Bertz CT molecular complexity index is 686. The summed E-state index contributed by atoms with van der Waals surface area (Å²) in [6, 6.07) is 14.9. The highest BCUT2D eigenvalue weighted by molar-refractivity contribution is 5.54. The molecule has 152 valence electrons. The van der Waals surface area contributed by atoms with E-state index in [0.29, 0.717) is 0 Å². The molecule has 3 rings (SSSR count). The third kappa shape index (κ3) is 6.03. The van der Waals surface area contributed by atoms with E-state index in [1.165, 1.54) is 24.2 Å². The minimum atomic E-state index is 0.222. The Morgan fingerprint density at radius 2 is 1.79 bits per heavy atom. The Kier molecular flexibility index (Phi) is 8.27. The molecule has 0 aliphatic carbocycles. The van der Waals surface area contributed by atoms with Gasteiger partial charge in [0.2, 0.25) is 0 Å². The van der Waals surface area contributed by atoms with Gasteiger partial charge in [-0.1, -0.05) is 31.2 Å². The lowest BCUT2D eigenvalue weighted by molar-refractivity contribution is 0.211. The van der Waals surface area contributed by atoms with E-state index >= 15 is 0 Å². The zero-order chi connectivity index (χ0) is 19.6. The number of rotatable bonds is 10. The predicted octanol–water partition coefficient (Wildman–Crippen LogP) is 3.00. The molecular weight excluding hydrogens is 348 g/mol. The molecule has 1 aromatic carbocycles. The van der Waals surface area contributed by atoms with Crippen LogP contribution in [-0.2, 0) is 13.1 Å². The first-order valence-electron chi connectivity index (χ1n) is 10.6. The van der Waals surface area contributed by atoms with Crippen molar-refractivity contribution in [1.82, 2.24) is 14.8 Å². The highest BCUT2D eigenvalue weighted by Crippen LogP contribution is 2.24. The van der Waals surface area contributed by atoms with Crippen molar-refractivity contribution in [3.63, 3.8) is 0 Å². The smallest absolute Gasteiger partial charge is 0.0544 e. The van der Waals surface area contributed by atoms with Crippen LogP contribution in [0.3, 0.4) is 0 Å². The summed E-state index contributed by atoms with van der Waals surface area (Å²) in [5.74, 6) is 0. The zero-order valence-corrected chi connectivity index (χ0v) is 17.1. The molecule has 1 aromatic heterocycles. The van der Waals surface area contributed by atoms with E-state index in [1.807, 2.05) is 18.3 Å². The molecule has 5 heteroatoms. The van der Waals surface area contributed by atoms with E-state index in [0.717, 1.165) is 57.9 Å². The molecule has 2 aromatic rings. The topological polar surface area (TPSA) is 42.8 Å². The molecule has 5 nitrogen and oxygen atoms in total. The number of hydrogen-bond acceptors (Lipinski definition) is 5. The summed E-state index contributed by atoms with van der Waals surface area (Å²) >= 11 is 0. The number of pyridine rings is 1. The lowest BCUT2D eigenvalue weighted by Gasteiger charge is -2.37. The first-order valence-corrected chi connectivity index (χ1v) is 10.6. The average molecular weight is 383 g/mol. The van der Waals surface area contributed by atoms with Crippen molar-refractivity contribution in [2.24, 2.45) is 0 Å². The van der Waals surface area contributed by atoms with Crippen LogP contribution in [-0.4, -0.2) is 65.8 Å². The normalized spacial score (nSPS) is 15.3. The van der Waals surface area contributed by atoms with Crippen LogP contribution < -0.4 is 4.90 Å². The Labute approximate surface area is 169 Å². The second kappa shape index (κ2) is 11.1. The molecule has 2 heterocycles. The number of para-hydroxylation sites is 1. The quantitative estimate of drug-likeness (QED) is 0.684. The third-order valence-electron chi connectivity index (χ3n) is 5.38. The summed E-state index contributed by atoms with van der Waals surface area (Å²) in [4.78, 5) is 12.0. The molecule has 0 atom stereocenters. The Morgan fingerprint density at radius 1 is 1.00 bits per heavy atom. The molecular formula is C23H34N4O. The predicted molar refractivity (Wildman–Crippen MR) is 115 cm³/mol. The van der Waals surface area contributed by atoms with E-state index in [1.54, 1.807) is 0 Å². The molecule has 0 bridgehead atoms. The molecule has 1 aliphatic heterocycles. The number of anilines is 1. The van der Waals surface area contributed by atoms with Gasteiger partial charge in [0, 0.05) is 64.3 Å². The van der Waals surface area contributed by atoms with E-state index < -0.39 is 0 Å². The summed E-state index contributed by atoms with van der Waals surface area (Å²) in [5.41, 5.74) is 3.79. The fourth-order valence-corrected chi connectivity index (χ4v) is 3.95. The van der Waals surface area contributed by atoms with E-state index in [-0.39, 0.29) is 6.61 Å². The number of nitrogens with zero attached hydrogens (tertiary/aromatic N) is 4. The van der Waals surface area contributed by atoms with E-state index in [4.69, 9.17) is 0 Å². The minimum Gasteiger partial charge on any atom is -0.396 e. The summed E-state index contributed by atoms with van der Waals surface area (Å²) in [6.45, 7) is 10.7. The van der Waals surface area contributed by atoms with Crippen LogP contribution in [0.2, 0.25) is 0 Å². The van der Waals surface area contributed by atoms with Gasteiger partial charge >= 0.3 is 0 Å². The lowest BCUT2D eigenvalue weighted by Crippen LogP contribution is -2.47. The summed E-state index contributed by atoms with van der Waals surface area (Å²) in [6.07, 6.45) is 3.86. The molecule has 0 radical (unpaired) electrons. The molecule has 1 N–H and O–H groups in total. The maximum atomic E-state index is 9.32. The average Bonchev–Trinajstić information content (AvgIpc) is 2.74. The Balaban J connectivity index is 1.69. The van der Waals surface area contributed by atoms with Gasteiger partial charge in [-0.25, -0.2) is 0 Å². The standard InChI is InChI=1S/C23H34N4O/c1-2-12-25-14-16-27(17-15-25)23-10-4-3-8-21(23)19-26(13-7-18-28)20-22-9-5-6-11-24-22/h3-6,8-11,28H,2,7,12-20H2,1H3. The summed E-state index contributed by atoms with van der Waals surface area (Å²) in [7, 11) is 0. The molecule has 1 fully saturated rings. The highest BCUT2D eigenvalue weighted by atomic mass is 16.3. The fourth-order valence-electron chi connectivity index (χ4n) is 3.95. The van der Waals surface area contributed by atoms with Crippen LogP contribution in [0, 0.1) is 0 Å². The van der Waals surface area contributed by atoms with Gasteiger partial charge in [0.05, 0.1) is 5.69 Å². The van der Waals surface area contributed by atoms with Crippen LogP contribution in [0.25, 0.3) is 0 Å². The van der Waals surface area contributed by atoms with Crippen molar-refractivity contribution < 1.29 is 5.11 Å². The SMILES string of the molecule is CCCN1CCN(c2ccccc2CN(CCCO)Cc2ccccn2)CC1. The van der Waals surface area contributed by atoms with E-state index in [2.05, 4.69) is 56.9 Å². The van der Waals surface area contributed by atoms with Crippen LogP contribution in [0.5, 0.6) is 0 Å². The number of aliphatic hydroxyl groups is 1. The number of benzene rings is 1.